The molecule has 0 radical (unpaired) electrons. The zero-order valence-electron chi connectivity index (χ0n) is 14.7. The molecule has 1 fully saturated rings. The van der Waals surface area contributed by atoms with Crippen LogP contribution in [0, 0.1) is 0 Å². The van der Waals surface area contributed by atoms with Gasteiger partial charge >= 0.3 is 0 Å². The summed E-state index contributed by atoms with van der Waals surface area (Å²) in [5.41, 5.74) is 3.02. The fourth-order valence-electron chi connectivity index (χ4n) is 3.19. The first kappa shape index (κ1) is 17.0. The van der Waals surface area contributed by atoms with Crippen LogP contribution in [0.4, 0.5) is 5.69 Å². The fraction of sp³-hybridized carbons (Fsp3) is 0.300. The van der Waals surface area contributed by atoms with Gasteiger partial charge in [-0.05, 0) is 37.1 Å². The van der Waals surface area contributed by atoms with Gasteiger partial charge in [-0.3, -0.25) is 4.98 Å². The van der Waals surface area contributed by atoms with Crippen molar-refractivity contribution in [1.82, 2.24) is 9.55 Å². The van der Waals surface area contributed by atoms with Gasteiger partial charge < -0.3 is 14.0 Å². The SMILES string of the molecule is COc1ccccc1-c1csc(=Nc2cccnc2)n1CC1CCCO1. The van der Waals surface area contributed by atoms with Gasteiger partial charge in [0.2, 0.25) is 0 Å². The van der Waals surface area contributed by atoms with E-state index < -0.39 is 0 Å². The fourth-order valence-corrected chi connectivity index (χ4v) is 4.12. The molecular formula is C20H21N3O2S. The van der Waals surface area contributed by atoms with Gasteiger partial charge in [0.05, 0.1) is 37.3 Å². The molecule has 3 heterocycles. The Morgan fingerprint density at radius 2 is 2.23 bits per heavy atom. The van der Waals surface area contributed by atoms with Crippen molar-refractivity contribution in [2.24, 2.45) is 4.99 Å². The average Bonchev–Trinajstić information content (AvgIpc) is 3.34. The van der Waals surface area contributed by atoms with Crippen molar-refractivity contribution in [3.8, 4) is 17.0 Å². The summed E-state index contributed by atoms with van der Waals surface area (Å²) in [7, 11) is 1.70. The van der Waals surface area contributed by atoms with Gasteiger partial charge in [0.15, 0.2) is 4.80 Å². The Morgan fingerprint density at radius 1 is 1.31 bits per heavy atom. The molecule has 1 aromatic carbocycles. The Labute approximate surface area is 156 Å². The van der Waals surface area contributed by atoms with E-state index in [0.29, 0.717) is 0 Å². The maximum atomic E-state index is 5.88. The lowest BCUT2D eigenvalue weighted by Crippen LogP contribution is -2.24. The van der Waals surface area contributed by atoms with Gasteiger partial charge in [0, 0.05) is 23.7 Å². The van der Waals surface area contributed by atoms with E-state index >= 15 is 0 Å². The monoisotopic (exact) mass is 367 g/mol. The minimum atomic E-state index is 0.228. The summed E-state index contributed by atoms with van der Waals surface area (Å²) in [6.07, 6.45) is 5.97. The van der Waals surface area contributed by atoms with Crippen LogP contribution in [0.3, 0.4) is 0 Å². The molecule has 0 amide bonds. The molecule has 4 rings (SSSR count). The minimum Gasteiger partial charge on any atom is -0.496 e. The van der Waals surface area contributed by atoms with Crippen LogP contribution < -0.4 is 9.54 Å². The summed E-state index contributed by atoms with van der Waals surface area (Å²) in [5.74, 6) is 0.860. The van der Waals surface area contributed by atoms with Crippen molar-refractivity contribution in [3.05, 3.63) is 59.0 Å². The molecule has 1 unspecified atom stereocenters. The Bertz CT molecular complexity index is 927. The van der Waals surface area contributed by atoms with E-state index in [4.69, 9.17) is 14.5 Å². The number of rotatable bonds is 5. The number of methoxy groups -OCH3 is 1. The third-order valence-electron chi connectivity index (χ3n) is 4.46. The first-order valence-corrected chi connectivity index (χ1v) is 9.61. The molecule has 26 heavy (non-hydrogen) atoms. The van der Waals surface area contributed by atoms with E-state index in [1.165, 1.54) is 0 Å². The lowest BCUT2D eigenvalue weighted by Gasteiger charge is -2.15. The number of nitrogens with zero attached hydrogens (tertiary/aromatic N) is 3. The largest absolute Gasteiger partial charge is 0.496 e. The van der Waals surface area contributed by atoms with E-state index in [-0.39, 0.29) is 6.10 Å². The molecule has 2 aromatic heterocycles. The van der Waals surface area contributed by atoms with Gasteiger partial charge in [-0.1, -0.05) is 12.1 Å². The summed E-state index contributed by atoms with van der Waals surface area (Å²) < 4.78 is 13.7. The molecule has 0 spiro atoms. The van der Waals surface area contributed by atoms with Gasteiger partial charge in [-0.25, -0.2) is 4.99 Å². The molecule has 1 aliphatic heterocycles. The summed E-state index contributed by atoms with van der Waals surface area (Å²) in [6.45, 7) is 1.63. The molecule has 1 aliphatic rings. The highest BCUT2D eigenvalue weighted by Gasteiger charge is 2.20. The lowest BCUT2D eigenvalue weighted by atomic mass is 10.1. The van der Waals surface area contributed by atoms with Gasteiger partial charge in [-0.15, -0.1) is 11.3 Å². The number of benzene rings is 1. The molecule has 1 atom stereocenters. The second-order valence-corrected chi connectivity index (χ2v) is 7.01. The molecular weight excluding hydrogens is 346 g/mol. The summed E-state index contributed by atoms with van der Waals surface area (Å²) in [5, 5.41) is 2.14. The lowest BCUT2D eigenvalue weighted by molar-refractivity contribution is 0.0968. The quantitative estimate of drug-likeness (QED) is 0.684. The Hall–Kier alpha value is -2.44. The van der Waals surface area contributed by atoms with Gasteiger partial charge in [0.1, 0.15) is 5.75 Å². The van der Waals surface area contributed by atoms with Crippen LogP contribution in [-0.4, -0.2) is 29.4 Å². The zero-order valence-corrected chi connectivity index (χ0v) is 15.5. The van der Waals surface area contributed by atoms with Gasteiger partial charge in [0.25, 0.3) is 0 Å². The minimum absolute atomic E-state index is 0.228. The van der Waals surface area contributed by atoms with Gasteiger partial charge in [-0.2, -0.15) is 0 Å². The molecule has 134 valence electrons. The maximum Gasteiger partial charge on any atom is 0.190 e. The number of hydrogen-bond acceptors (Lipinski definition) is 5. The first-order chi connectivity index (χ1) is 12.8. The van der Waals surface area contributed by atoms with E-state index in [2.05, 4.69) is 21.0 Å². The number of hydrogen-bond donors (Lipinski definition) is 0. The maximum absolute atomic E-state index is 5.88. The van der Waals surface area contributed by atoms with Crippen molar-refractivity contribution < 1.29 is 9.47 Å². The smallest absolute Gasteiger partial charge is 0.190 e. The highest BCUT2D eigenvalue weighted by molar-refractivity contribution is 7.07. The highest BCUT2D eigenvalue weighted by Crippen LogP contribution is 2.31. The molecule has 0 saturated carbocycles. The Balaban J connectivity index is 1.82. The number of ether oxygens (including phenoxy) is 2. The van der Waals surface area contributed by atoms with Crippen molar-refractivity contribution in [2.75, 3.05) is 13.7 Å². The predicted octanol–water partition coefficient (Wildman–Crippen LogP) is 4.03. The van der Waals surface area contributed by atoms with Crippen LogP contribution in [0.25, 0.3) is 11.3 Å². The number of thiazole rings is 1. The second kappa shape index (κ2) is 7.85. The third-order valence-corrected chi connectivity index (χ3v) is 5.33. The van der Waals surface area contributed by atoms with Crippen LogP contribution >= 0.6 is 11.3 Å². The molecule has 5 nitrogen and oxygen atoms in total. The standard InChI is InChI=1S/C20H21N3O2S/c1-24-19-9-3-2-8-17(19)18-14-26-20(22-15-6-4-10-21-12-15)23(18)13-16-7-5-11-25-16/h2-4,6,8-10,12,14,16H,5,7,11,13H2,1H3. The van der Waals surface area contributed by atoms with Crippen LogP contribution in [0.2, 0.25) is 0 Å². The summed E-state index contributed by atoms with van der Waals surface area (Å²) >= 11 is 1.63. The molecule has 0 N–H and O–H groups in total. The molecule has 0 bridgehead atoms. The Morgan fingerprint density at radius 3 is 3.00 bits per heavy atom. The van der Waals surface area contributed by atoms with Crippen molar-refractivity contribution in [1.29, 1.82) is 0 Å². The van der Waals surface area contributed by atoms with Crippen LogP contribution in [0.15, 0.2) is 59.2 Å². The number of pyridine rings is 1. The molecule has 0 aliphatic carbocycles. The van der Waals surface area contributed by atoms with E-state index in [9.17, 15) is 0 Å². The van der Waals surface area contributed by atoms with Crippen LogP contribution in [0.1, 0.15) is 12.8 Å². The number of para-hydroxylation sites is 1. The van der Waals surface area contributed by atoms with Crippen LogP contribution in [-0.2, 0) is 11.3 Å². The summed E-state index contributed by atoms with van der Waals surface area (Å²) in [4.78, 5) is 9.91. The van der Waals surface area contributed by atoms with E-state index in [1.54, 1.807) is 30.8 Å². The third kappa shape index (κ3) is 3.57. The first-order valence-electron chi connectivity index (χ1n) is 8.73. The van der Waals surface area contributed by atoms with Crippen LogP contribution in [0.5, 0.6) is 5.75 Å². The topological polar surface area (TPSA) is 48.6 Å². The predicted molar refractivity (Wildman–Crippen MR) is 103 cm³/mol. The van der Waals surface area contributed by atoms with E-state index in [1.807, 2.05) is 30.3 Å². The average molecular weight is 367 g/mol. The van der Waals surface area contributed by atoms with Crippen molar-refractivity contribution in [3.63, 3.8) is 0 Å². The molecule has 1 saturated heterocycles. The highest BCUT2D eigenvalue weighted by atomic mass is 32.1. The Kier molecular flexibility index (Phi) is 5.13. The normalized spacial score (nSPS) is 17.6. The molecule has 3 aromatic rings. The van der Waals surface area contributed by atoms with Crippen molar-refractivity contribution in [2.45, 2.75) is 25.5 Å². The van der Waals surface area contributed by atoms with E-state index in [0.717, 1.165) is 53.5 Å². The second-order valence-electron chi connectivity index (χ2n) is 6.17. The van der Waals surface area contributed by atoms with Crippen molar-refractivity contribution >= 4 is 17.0 Å². The summed E-state index contributed by atoms with van der Waals surface area (Å²) in [6, 6.07) is 12.0. The number of aromatic nitrogens is 2. The molecule has 6 heteroatoms. The zero-order chi connectivity index (χ0) is 17.8.